The molecule has 0 spiro atoms. The average molecular weight is 308 g/mol. The Balaban J connectivity index is 0.000001000. The number of hydrogen-bond donors (Lipinski definition) is 0. The second-order valence-corrected chi connectivity index (χ2v) is 6.68. The zero-order valence-electron chi connectivity index (χ0n) is 11.1. The third-order valence-corrected chi connectivity index (χ3v) is 6.34. The first-order valence-corrected chi connectivity index (χ1v) is 7.15. The van der Waals surface area contributed by atoms with Crippen molar-refractivity contribution in [3.63, 3.8) is 0 Å². The van der Waals surface area contributed by atoms with Gasteiger partial charge in [-0.25, -0.2) is 0 Å². The SMILES string of the molecule is C[C@@]12[C@H]3CC[C@@H]1C[N@+]2(Cc1ccccc1)CC3.[Br-]. The first-order chi connectivity index (χ1) is 8.25. The first kappa shape index (κ1) is 12.7. The monoisotopic (exact) mass is 307 g/mol. The normalized spacial score (nSPS) is 44.1. The van der Waals surface area contributed by atoms with Gasteiger partial charge in [0.05, 0.1) is 19.0 Å². The quantitative estimate of drug-likeness (QED) is 0.685. The lowest BCUT2D eigenvalue weighted by Crippen LogP contribution is -3.00. The van der Waals surface area contributed by atoms with Gasteiger partial charge < -0.3 is 21.5 Å². The van der Waals surface area contributed by atoms with E-state index in [4.69, 9.17) is 0 Å². The molecule has 1 aromatic rings. The summed E-state index contributed by atoms with van der Waals surface area (Å²) in [5.74, 6) is 2.07. The van der Waals surface area contributed by atoms with Gasteiger partial charge in [0, 0.05) is 17.9 Å². The molecular formula is C16H22BrN. The molecule has 1 saturated carbocycles. The lowest BCUT2D eigenvalue weighted by molar-refractivity contribution is -1.02. The van der Waals surface area contributed by atoms with E-state index in [2.05, 4.69) is 37.3 Å². The van der Waals surface area contributed by atoms with E-state index in [1.807, 2.05) is 0 Å². The Bertz CT molecular complexity index is 446. The number of quaternary nitrogens is 1. The van der Waals surface area contributed by atoms with E-state index >= 15 is 0 Å². The average Bonchev–Trinajstić information content (AvgIpc) is 2.69. The molecule has 1 aliphatic carbocycles. The summed E-state index contributed by atoms with van der Waals surface area (Å²) in [6.07, 6.45) is 4.51. The summed E-state index contributed by atoms with van der Waals surface area (Å²) in [4.78, 5) is 0. The van der Waals surface area contributed by atoms with Gasteiger partial charge in [0.2, 0.25) is 0 Å². The van der Waals surface area contributed by atoms with Crippen molar-refractivity contribution < 1.29 is 21.5 Å². The van der Waals surface area contributed by atoms with Crippen LogP contribution in [-0.2, 0) is 6.54 Å². The summed E-state index contributed by atoms with van der Waals surface area (Å²) in [7, 11) is 0. The minimum atomic E-state index is 0. The van der Waals surface area contributed by atoms with Crippen LogP contribution in [0.2, 0.25) is 0 Å². The minimum Gasteiger partial charge on any atom is -1.00 e. The van der Waals surface area contributed by atoms with E-state index in [9.17, 15) is 0 Å². The molecule has 0 bridgehead atoms. The molecule has 3 fully saturated rings. The molecular weight excluding hydrogens is 286 g/mol. The summed E-state index contributed by atoms with van der Waals surface area (Å²) in [5, 5.41) is 0. The molecule has 1 nitrogen and oxygen atoms in total. The van der Waals surface area contributed by atoms with Gasteiger partial charge in [-0.1, -0.05) is 30.3 Å². The van der Waals surface area contributed by atoms with Gasteiger partial charge in [0.15, 0.2) is 0 Å². The van der Waals surface area contributed by atoms with Crippen molar-refractivity contribution in [2.45, 2.75) is 38.3 Å². The molecule has 4 rings (SSSR count). The van der Waals surface area contributed by atoms with Crippen molar-refractivity contribution in [1.82, 2.24) is 0 Å². The number of hydrogen-bond acceptors (Lipinski definition) is 0. The fraction of sp³-hybridized carbons (Fsp3) is 0.625. The Hall–Kier alpha value is -0.340. The van der Waals surface area contributed by atoms with E-state index in [1.54, 1.807) is 5.56 Å². The molecule has 0 N–H and O–H groups in total. The lowest BCUT2D eigenvalue weighted by atomic mass is 9.73. The summed E-state index contributed by atoms with van der Waals surface area (Å²) in [5.41, 5.74) is 2.19. The Kier molecular flexibility index (Phi) is 2.87. The molecule has 2 saturated heterocycles. The maximum Gasteiger partial charge on any atom is 0.108 e. The fourth-order valence-corrected chi connectivity index (χ4v) is 5.30. The van der Waals surface area contributed by atoms with Gasteiger partial charge in [-0.3, -0.25) is 0 Å². The molecule has 2 heterocycles. The third-order valence-electron chi connectivity index (χ3n) is 6.34. The first-order valence-electron chi connectivity index (χ1n) is 7.15. The number of benzene rings is 1. The van der Waals surface area contributed by atoms with Crippen molar-refractivity contribution in [3.8, 4) is 0 Å². The van der Waals surface area contributed by atoms with Gasteiger partial charge in [-0.15, -0.1) is 0 Å². The standard InChI is InChI=1S/C16H22N.BrH/c1-16-14-7-8-15(16)12-17(16,10-9-14)11-13-5-3-2-4-6-13;/h2-6,14-15H,7-12H2,1H3;1H/q+1;/p-1/t14-,15+,16+,17+;/m0./s1. The molecule has 3 aliphatic rings. The maximum atomic E-state index is 2.59. The van der Waals surface area contributed by atoms with Crippen LogP contribution in [-0.4, -0.2) is 23.1 Å². The highest BCUT2D eigenvalue weighted by Crippen LogP contribution is 2.62. The number of rotatable bonds is 2. The smallest absolute Gasteiger partial charge is 0.108 e. The van der Waals surface area contributed by atoms with Gasteiger partial charge in [0.25, 0.3) is 0 Å². The van der Waals surface area contributed by atoms with Crippen LogP contribution < -0.4 is 17.0 Å². The molecule has 18 heavy (non-hydrogen) atoms. The van der Waals surface area contributed by atoms with Crippen LogP contribution in [0.15, 0.2) is 30.3 Å². The van der Waals surface area contributed by atoms with Crippen molar-refractivity contribution in [2.75, 3.05) is 13.1 Å². The molecule has 0 amide bonds. The third kappa shape index (κ3) is 1.36. The van der Waals surface area contributed by atoms with Crippen LogP contribution in [0, 0.1) is 11.8 Å². The topological polar surface area (TPSA) is 0 Å². The van der Waals surface area contributed by atoms with E-state index < -0.39 is 0 Å². The lowest BCUT2D eigenvalue weighted by Gasteiger charge is -2.60. The van der Waals surface area contributed by atoms with E-state index in [0.717, 1.165) is 11.8 Å². The predicted molar refractivity (Wildman–Crippen MR) is 69.4 cm³/mol. The molecule has 0 aromatic heterocycles. The zero-order valence-corrected chi connectivity index (χ0v) is 12.7. The second-order valence-electron chi connectivity index (χ2n) is 6.68. The molecule has 1 aromatic carbocycles. The predicted octanol–water partition coefficient (Wildman–Crippen LogP) is 0.210. The Morgan fingerprint density at radius 2 is 1.83 bits per heavy atom. The molecule has 2 heteroatoms. The highest BCUT2D eigenvalue weighted by molar-refractivity contribution is 5.16. The minimum absolute atomic E-state index is 0. The summed E-state index contributed by atoms with van der Waals surface area (Å²) < 4.78 is 1.41. The van der Waals surface area contributed by atoms with Gasteiger partial charge in [-0.2, -0.15) is 0 Å². The van der Waals surface area contributed by atoms with Crippen molar-refractivity contribution in [3.05, 3.63) is 35.9 Å². The Morgan fingerprint density at radius 3 is 2.61 bits per heavy atom. The van der Waals surface area contributed by atoms with Crippen LogP contribution in [0.3, 0.4) is 0 Å². The summed E-state index contributed by atoms with van der Waals surface area (Å²) >= 11 is 0. The van der Waals surface area contributed by atoms with Crippen molar-refractivity contribution >= 4 is 0 Å². The maximum absolute atomic E-state index is 2.59. The Morgan fingerprint density at radius 1 is 1.11 bits per heavy atom. The van der Waals surface area contributed by atoms with Crippen molar-refractivity contribution in [1.29, 1.82) is 0 Å². The van der Waals surface area contributed by atoms with Crippen molar-refractivity contribution in [2.24, 2.45) is 11.8 Å². The molecule has 2 aliphatic heterocycles. The summed E-state index contributed by atoms with van der Waals surface area (Å²) in [6, 6.07) is 11.1. The Labute approximate surface area is 121 Å². The second kappa shape index (κ2) is 4.08. The summed E-state index contributed by atoms with van der Waals surface area (Å²) in [6.45, 7) is 6.77. The zero-order chi connectivity index (χ0) is 11.5. The van der Waals surface area contributed by atoms with Gasteiger partial charge >= 0.3 is 0 Å². The van der Waals surface area contributed by atoms with Crippen LogP contribution in [0.1, 0.15) is 31.7 Å². The number of halogens is 1. The molecule has 0 radical (unpaired) electrons. The van der Waals surface area contributed by atoms with Crippen LogP contribution in [0.5, 0.6) is 0 Å². The fourth-order valence-electron chi connectivity index (χ4n) is 5.30. The van der Waals surface area contributed by atoms with E-state index in [0.29, 0.717) is 5.54 Å². The van der Waals surface area contributed by atoms with Gasteiger partial charge in [-0.05, 0) is 19.8 Å². The largest absolute Gasteiger partial charge is 1.00 e. The van der Waals surface area contributed by atoms with E-state index in [-0.39, 0.29) is 17.0 Å². The molecule has 98 valence electrons. The van der Waals surface area contributed by atoms with Crippen LogP contribution >= 0.6 is 0 Å². The molecule has 4 atom stereocenters. The highest BCUT2D eigenvalue weighted by Gasteiger charge is 2.72. The number of nitrogens with zero attached hydrogens (tertiary/aromatic N) is 1. The highest BCUT2D eigenvalue weighted by atomic mass is 79.9. The van der Waals surface area contributed by atoms with Gasteiger partial charge in [0.1, 0.15) is 12.1 Å². The van der Waals surface area contributed by atoms with Crippen LogP contribution in [0.25, 0.3) is 0 Å². The molecule has 0 unspecified atom stereocenters. The van der Waals surface area contributed by atoms with Crippen LogP contribution in [0.4, 0.5) is 0 Å². The van der Waals surface area contributed by atoms with E-state index in [1.165, 1.54) is 43.4 Å².